The van der Waals surface area contributed by atoms with Gasteiger partial charge in [-0.15, -0.1) is 0 Å². The van der Waals surface area contributed by atoms with E-state index in [1.807, 2.05) is 12.1 Å². The molecule has 0 fully saturated rings. The number of rotatable bonds is 1. The maximum Gasteiger partial charge on any atom is 0.302 e. The summed E-state index contributed by atoms with van der Waals surface area (Å²) in [5.41, 5.74) is 2.54. The van der Waals surface area contributed by atoms with Crippen LogP contribution in [0.3, 0.4) is 0 Å². The summed E-state index contributed by atoms with van der Waals surface area (Å²) >= 11 is 0. The summed E-state index contributed by atoms with van der Waals surface area (Å²) in [6.45, 7) is 1.47. The monoisotopic (exact) mass is 242 g/mol. The lowest BCUT2D eigenvalue weighted by Gasteiger charge is -2.18. The lowest BCUT2D eigenvalue weighted by Crippen LogP contribution is -2.19. The van der Waals surface area contributed by atoms with Gasteiger partial charge in [-0.25, -0.2) is 0 Å². The highest BCUT2D eigenvalue weighted by Gasteiger charge is 2.14. The second-order valence-electron chi connectivity index (χ2n) is 4.54. The average Bonchev–Trinajstić information content (AvgIpc) is 2.35. The number of hydrogen-bond acceptors (Lipinski definition) is 2. The quantitative estimate of drug-likeness (QED) is 0.558. The molecule has 0 spiro atoms. The molecule has 0 amide bonds. The van der Waals surface area contributed by atoms with E-state index in [9.17, 15) is 4.79 Å². The number of carbonyl (C=O) groups excluding carboxylic acids is 1. The van der Waals surface area contributed by atoms with Crippen LogP contribution in [0.5, 0.6) is 0 Å². The molecule has 0 saturated heterocycles. The molecule has 0 aromatic heterocycles. The van der Waals surface area contributed by atoms with E-state index in [1.165, 1.54) is 18.1 Å². The number of fused-ring (bicyclic) bond motifs is 1. The molecule has 2 nitrogen and oxygen atoms in total. The van der Waals surface area contributed by atoms with Crippen molar-refractivity contribution in [3.05, 3.63) is 54.0 Å². The van der Waals surface area contributed by atoms with Gasteiger partial charge in [-0.1, -0.05) is 36.4 Å². The van der Waals surface area contributed by atoms with E-state index in [1.54, 1.807) is 0 Å². The Kier molecular flexibility index (Phi) is 4.57. The molecule has 94 valence electrons. The molecule has 1 aliphatic rings. The molecule has 2 rings (SSSR count). The molecular weight excluding hydrogens is 224 g/mol. The van der Waals surface area contributed by atoms with E-state index < -0.39 is 0 Å². The average molecular weight is 242 g/mol. The summed E-state index contributed by atoms with van der Waals surface area (Å²) in [5, 5.41) is 0. The molecule has 1 atom stereocenters. The first-order chi connectivity index (χ1) is 8.75. The third kappa shape index (κ3) is 3.73. The van der Waals surface area contributed by atoms with Gasteiger partial charge in [0.25, 0.3) is 0 Å². The summed E-state index contributed by atoms with van der Waals surface area (Å²) in [5.74, 6) is -0.207. The highest BCUT2D eigenvalue weighted by atomic mass is 16.5. The van der Waals surface area contributed by atoms with Crippen LogP contribution >= 0.6 is 0 Å². The Balaban J connectivity index is 2.18. The van der Waals surface area contributed by atoms with Gasteiger partial charge in [-0.2, -0.15) is 0 Å². The lowest BCUT2D eigenvalue weighted by molar-refractivity contribution is -0.146. The van der Waals surface area contributed by atoms with Crippen LogP contribution in [-0.4, -0.2) is 12.1 Å². The van der Waals surface area contributed by atoms with E-state index in [2.05, 4.69) is 30.7 Å². The molecule has 1 aliphatic carbocycles. The van der Waals surface area contributed by atoms with Crippen molar-refractivity contribution in [3.63, 3.8) is 0 Å². The molecule has 0 bridgehead atoms. The second-order valence-corrected chi connectivity index (χ2v) is 4.54. The van der Waals surface area contributed by atoms with Crippen molar-refractivity contribution in [1.29, 1.82) is 0 Å². The zero-order chi connectivity index (χ0) is 12.8. The summed E-state index contributed by atoms with van der Waals surface area (Å²) in [6, 6.07) is 8.31. The minimum atomic E-state index is -0.207. The number of esters is 1. The van der Waals surface area contributed by atoms with Crippen molar-refractivity contribution in [3.8, 4) is 0 Å². The first-order valence-corrected chi connectivity index (χ1v) is 6.35. The van der Waals surface area contributed by atoms with Gasteiger partial charge in [-0.05, 0) is 30.4 Å². The molecule has 1 unspecified atom stereocenters. The van der Waals surface area contributed by atoms with Gasteiger partial charge >= 0.3 is 5.97 Å². The maximum atomic E-state index is 11.1. The van der Waals surface area contributed by atoms with Gasteiger partial charge in [-0.3, -0.25) is 4.79 Å². The number of allylic oxidation sites excluding steroid dienone is 1. The van der Waals surface area contributed by atoms with Gasteiger partial charge < -0.3 is 4.74 Å². The minimum Gasteiger partial charge on any atom is -0.462 e. The Hall–Kier alpha value is -1.57. The molecular formula is C16H18O2. The number of hydrogen-bond donors (Lipinski definition) is 0. The smallest absolute Gasteiger partial charge is 0.302 e. The topological polar surface area (TPSA) is 26.3 Å². The Morgan fingerprint density at radius 1 is 1.28 bits per heavy atom. The fourth-order valence-electron chi connectivity index (χ4n) is 2.20. The van der Waals surface area contributed by atoms with Crippen LogP contribution in [0.25, 0.3) is 0 Å². The summed E-state index contributed by atoms with van der Waals surface area (Å²) in [4.78, 5) is 11.1. The molecule has 0 saturated carbocycles. The zero-order valence-electron chi connectivity index (χ0n) is 10.7. The number of ether oxygens (including phenoxy) is 1. The minimum absolute atomic E-state index is 0.0574. The number of benzene rings is 1. The van der Waals surface area contributed by atoms with Crippen LogP contribution in [0.15, 0.2) is 36.4 Å². The normalized spacial score (nSPS) is 21.7. The molecule has 0 N–H and O–H groups in total. The molecule has 18 heavy (non-hydrogen) atoms. The summed E-state index contributed by atoms with van der Waals surface area (Å²) in [6.07, 6.45) is 10.7. The van der Waals surface area contributed by atoms with Crippen LogP contribution in [0.2, 0.25) is 0 Å². The Morgan fingerprint density at radius 3 is 2.83 bits per heavy atom. The van der Waals surface area contributed by atoms with Gasteiger partial charge in [0.05, 0.1) is 0 Å². The molecule has 1 aromatic rings. The van der Waals surface area contributed by atoms with Gasteiger partial charge in [0, 0.05) is 19.8 Å². The second kappa shape index (κ2) is 6.39. The van der Waals surface area contributed by atoms with Crippen molar-refractivity contribution in [1.82, 2.24) is 0 Å². The SMILES string of the molecule is CC(=O)OC1C/C=C\C[C]Cc2ccccc2C1. The van der Waals surface area contributed by atoms with Crippen molar-refractivity contribution in [2.45, 2.75) is 38.7 Å². The van der Waals surface area contributed by atoms with Crippen molar-refractivity contribution in [2.24, 2.45) is 0 Å². The first kappa shape index (κ1) is 12.9. The van der Waals surface area contributed by atoms with E-state index in [0.717, 1.165) is 25.7 Å². The lowest BCUT2D eigenvalue weighted by atomic mass is 9.95. The predicted molar refractivity (Wildman–Crippen MR) is 71.0 cm³/mol. The molecule has 1 aromatic carbocycles. The van der Waals surface area contributed by atoms with E-state index >= 15 is 0 Å². The van der Waals surface area contributed by atoms with Crippen LogP contribution in [0, 0.1) is 6.42 Å². The largest absolute Gasteiger partial charge is 0.462 e. The third-order valence-electron chi connectivity index (χ3n) is 3.04. The van der Waals surface area contributed by atoms with Crippen LogP contribution < -0.4 is 0 Å². The Bertz CT molecular complexity index is 434. The van der Waals surface area contributed by atoms with Crippen molar-refractivity contribution >= 4 is 5.97 Å². The Labute approximate surface area is 109 Å². The maximum absolute atomic E-state index is 11.1. The summed E-state index contributed by atoms with van der Waals surface area (Å²) in [7, 11) is 0. The van der Waals surface area contributed by atoms with E-state index in [4.69, 9.17) is 4.74 Å². The van der Waals surface area contributed by atoms with E-state index in [0.29, 0.717) is 0 Å². The highest BCUT2D eigenvalue weighted by Crippen LogP contribution is 2.18. The van der Waals surface area contributed by atoms with E-state index in [-0.39, 0.29) is 12.1 Å². The highest BCUT2D eigenvalue weighted by molar-refractivity contribution is 5.66. The zero-order valence-corrected chi connectivity index (χ0v) is 10.7. The van der Waals surface area contributed by atoms with Crippen molar-refractivity contribution in [2.75, 3.05) is 0 Å². The van der Waals surface area contributed by atoms with Gasteiger partial charge in [0.15, 0.2) is 0 Å². The van der Waals surface area contributed by atoms with Crippen LogP contribution in [-0.2, 0) is 22.4 Å². The molecule has 0 aliphatic heterocycles. The fraction of sp³-hybridized carbons (Fsp3) is 0.375. The standard InChI is InChI=1S/C16H18O2/c1-13(17)18-16-11-5-3-2-4-8-14-9-6-7-10-15(14)12-16/h3,5-7,9-10,16H,2,8,11-12H2,1H3/b5-3-. The summed E-state index contributed by atoms with van der Waals surface area (Å²) < 4.78 is 5.37. The van der Waals surface area contributed by atoms with Crippen LogP contribution in [0.1, 0.15) is 30.9 Å². The first-order valence-electron chi connectivity index (χ1n) is 6.35. The third-order valence-corrected chi connectivity index (χ3v) is 3.04. The van der Waals surface area contributed by atoms with Gasteiger partial charge in [0.1, 0.15) is 6.10 Å². The van der Waals surface area contributed by atoms with Crippen LogP contribution in [0.4, 0.5) is 0 Å². The number of carbonyl (C=O) groups is 1. The molecule has 2 radical (unpaired) electrons. The van der Waals surface area contributed by atoms with Crippen molar-refractivity contribution < 1.29 is 9.53 Å². The fourth-order valence-corrected chi connectivity index (χ4v) is 2.20. The molecule has 2 heteroatoms. The van der Waals surface area contributed by atoms with Gasteiger partial charge in [0.2, 0.25) is 0 Å². The predicted octanol–water partition coefficient (Wildman–Crippen LogP) is 3.13. The molecule has 0 heterocycles. The Morgan fingerprint density at radius 2 is 2.06 bits per heavy atom.